The van der Waals surface area contributed by atoms with E-state index >= 15 is 0 Å². The van der Waals surface area contributed by atoms with Gasteiger partial charge in [-0.15, -0.1) is 0 Å². The second kappa shape index (κ2) is 6.69. The van der Waals surface area contributed by atoms with Gasteiger partial charge in [0.15, 0.2) is 5.11 Å². The molecule has 0 aliphatic rings. The molecule has 0 amide bonds. The van der Waals surface area contributed by atoms with Gasteiger partial charge in [-0.25, -0.2) is 0 Å². The molecule has 0 heterocycles. The Morgan fingerprint density at radius 2 is 2.27 bits per heavy atom. The normalized spacial score (nSPS) is 12.5. The predicted octanol–water partition coefficient (Wildman–Crippen LogP) is -0.0217. The fraction of sp³-hybridized carbons (Fsp3) is 0.833. The lowest BCUT2D eigenvalue weighted by Gasteiger charge is -2.05. The van der Waals surface area contributed by atoms with Gasteiger partial charge < -0.3 is 15.6 Å². The van der Waals surface area contributed by atoms with E-state index in [0.29, 0.717) is 5.11 Å². The van der Waals surface area contributed by atoms with Crippen molar-refractivity contribution in [3.63, 3.8) is 0 Å². The first-order chi connectivity index (χ1) is 5.13. The number of thiocarbonyl (C=S) groups is 1. The van der Waals surface area contributed by atoms with Gasteiger partial charge >= 0.3 is 0 Å². The van der Waals surface area contributed by atoms with E-state index in [2.05, 4.69) is 17.5 Å². The third-order valence-electron chi connectivity index (χ3n) is 1.16. The van der Waals surface area contributed by atoms with E-state index in [4.69, 9.17) is 5.73 Å². The molecule has 1 atom stereocenters. The van der Waals surface area contributed by atoms with E-state index in [1.54, 1.807) is 6.26 Å². The molecule has 66 valence electrons. The van der Waals surface area contributed by atoms with Crippen molar-refractivity contribution in [1.29, 1.82) is 0 Å². The van der Waals surface area contributed by atoms with Crippen LogP contribution in [0.4, 0.5) is 0 Å². The molecule has 0 fully saturated rings. The van der Waals surface area contributed by atoms with Crippen LogP contribution in [0.15, 0.2) is 0 Å². The average Bonchev–Trinajstić information content (AvgIpc) is 1.85. The summed E-state index contributed by atoms with van der Waals surface area (Å²) in [6, 6.07) is 0. The lowest BCUT2D eigenvalue weighted by molar-refractivity contribution is 0.596. The Balaban J connectivity index is 2.97. The zero-order chi connectivity index (χ0) is 8.69. The Labute approximate surface area is 75.9 Å². The van der Waals surface area contributed by atoms with Crippen LogP contribution in [-0.4, -0.2) is 28.2 Å². The highest BCUT2D eigenvalue weighted by molar-refractivity contribution is 7.90. The van der Waals surface area contributed by atoms with Crippen LogP contribution in [0.25, 0.3) is 0 Å². The summed E-state index contributed by atoms with van der Waals surface area (Å²) in [5.41, 5.74) is 5.19. The summed E-state index contributed by atoms with van der Waals surface area (Å²) in [7, 11) is 0. The molecule has 3 N–H and O–H groups in total. The Bertz CT molecular complexity index is 119. The van der Waals surface area contributed by atoms with Crippen molar-refractivity contribution in [3.8, 4) is 0 Å². The second-order valence-corrected chi connectivity index (χ2v) is 4.27. The van der Waals surface area contributed by atoms with Gasteiger partial charge in [0, 0.05) is 6.54 Å². The van der Waals surface area contributed by atoms with Gasteiger partial charge in [-0.05, 0) is 25.1 Å². The quantitative estimate of drug-likeness (QED) is 0.367. The minimum Gasteiger partial charge on any atom is -0.617 e. The molecule has 0 radical (unpaired) electrons. The number of nitrogens with two attached hydrogens (primary N) is 1. The Kier molecular flexibility index (Phi) is 6.69. The Hall–Kier alpha value is -0.0000000000000000278. The Morgan fingerprint density at radius 1 is 1.64 bits per heavy atom. The smallest absolute Gasteiger partial charge is 0.163 e. The molecule has 11 heavy (non-hydrogen) atoms. The summed E-state index contributed by atoms with van der Waals surface area (Å²) in [4.78, 5) is 0. The fourth-order valence-corrected chi connectivity index (χ4v) is 1.35. The van der Waals surface area contributed by atoms with Gasteiger partial charge in [-0.3, -0.25) is 0 Å². The minimum absolute atomic E-state index is 0.336. The number of unbranched alkanes of at least 4 members (excludes halogenated alkanes) is 1. The minimum atomic E-state index is -0.672. The monoisotopic (exact) mass is 194 g/mol. The maximum Gasteiger partial charge on any atom is 0.163 e. The van der Waals surface area contributed by atoms with Gasteiger partial charge in [0.1, 0.15) is 5.75 Å². The molecular weight excluding hydrogens is 180 g/mol. The van der Waals surface area contributed by atoms with Crippen molar-refractivity contribution >= 4 is 28.5 Å². The van der Waals surface area contributed by atoms with E-state index in [1.807, 2.05) is 0 Å². The van der Waals surface area contributed by atoms with E-state index in [9.17, 15) is 4.55 Å². The molecule has 0 saturated heterocycles. The lowest BCUT2D eigenvalue weighted by Crippen LogP contribution is -2.29. The van der Waals surface area contributed by atoms with Crippen molar-refractivity contribution in [2.24, 2.45) is 5.73 Å². The largest absolute Gasteiger partial charge is 0.617 e. The van der Waals surface area contributed by atoms with Crippen LogP contribution >= 0.6 is 12.2 Å². The topological polar surface area (TPSA) is 61.1 Å². The summed E-state index contributed by atoms with van der Waals surface area (Å²) in [6.07, 6.45) is 3.64. The zero-order valence-electron chi connectivity index (χ0n) is 6.63. The summed E-state index contributed by atoms with van der Waals surface area (Å²) < 4.78 is 10.6. The highest BCUT2D eigenvalue weighted by Gasteiger charge is 1.95. The highest BCUT2D eigenvalue weighted by Crippen LogP contribution is 1.92. The van der Waals surface area contributed by atoms with Crippen molar-refractivity contribution in [2.75, 3.05) is 18.6 Å². The first-order valence-corrected chi connectivity index (χ1v) is 5.60. The lowest BCUT2D eigenvalue weighted by atomic mass is 10.3. The fourth-order valence-electron chi connectivity index (χ4n) is 0.642. The van der Waals surface area contributed by atoms with E-state index in [-0.39, 0.29) is 0 Å². The van der Waals surface area contributed by atoms with Crippen LogP contribution in [0.2, 0.25) is 0 Å². The van der Waals surface area contributed by atoms with Crippen LogP contribution in [0.1, 0.15) is 12.8 Å². The molecule has 0 spiro atoms. The first-order valence-electron chi connectivity index (χ1n) is 3.46. The van der Waals surface area contributed by atoms with Crippen molar-refractivity contribution in [2.45, 2.75) is 12.8 Å². The summed E-state index contributed by atoms with van der Waals surface area (Å²) in [6.45, 7) is 0.784. The molecule has 5 heteroatoms. The SMILES string of the molecule is C[S+]([O-])CCCCNC(N)=S. The third-order valence-corrected chi connectivity index (χ3v) is 2.17. The predicted molar refractivity (Wildman–Crippen MR) is 53.0 cm³/mol. The van der Waals surface area contributed by atoms with Gasteiger partial charge in [-0.1, -0.05) is 11.2 Å². The number of hydrogen-bond acceptors (Lipinski definition) is 2. The van der Waals surface area contributed by atoms with E-state index < -0.39 is 11.2 Å². The number of nitrogens with one attached hydrogen (secondary N) is 1. The van der Waals surface area contributed by atoms with Crippen LogP contribution < -0.4 is 11.1 Å². The van der Waals surface area contributed by atoms with Crippen LogP contribution in [0.3, 0.4) is 0 Å². The standard InChI is InChI=1S/C6H14N2OS2/c1-11(9)5-3-2-4-8-6(7)10/h2-5H2,1H3,(H3,7,8,10). The summed E-state index contributed by atoms with van der Waals surface area (Å²) >= 11 is 3.93. The van der Waals surface area contributed by atoms with Crippen LogP contribution in [0.5, 0.6) is 0 Å². The highest BCUT2D eigenvalue weighted by atomic mass is 32.2. The molecule has 0 aliphatic carbocycles. The second-order valence-electron chi connectivity index (χ2n) is 2.28. The average molecular weight is 194 g/mol. The van der Waals surface area contributed by atoms with Crippen LogP contribution in [-0.2, 0) is 11.2 Å². The maximum absolute atomic E-state index is 10.6. The van der Waals surface area contributed by atoms with Crippen molar-refractivity contribution in [3.05, 3.63) is 0 Å². The Morgan fingerprint density at radius 3 is 2.73 bits per heavy atom. The van der Waals surface area contributed by atoms with Crippen molar-refractivity contribution in [1.82, 2.24) is 5.32 Å². The van der Waals surface area contributed by atoms with Crippen molar-refractivity contribution < 1.29 is 4.55 Å². The summed E-state index contributed by atoms with van der Waals surface area (Å²) in [5, 5.41) is 3.17. The molecule has 0 aromatic rings. The molecule has 0 saturated carbocycles. The first kappa shape index (κ1) is 11.0. The zero-order valence-corrected chi connectivity index (χ0v) is 8.26. The molecular formula is C6H14N2OS2. The van der Waals surface area contributed by atoms with Crippen LogP contribution in [0, 0.1) is 0 Å². The van der Waals surface area contributed by atoms with Gasteiger partial charge in [0.25, 0.3) is 0 Å². The molecule has 0 bridgehead atoms. The molecule has 0 aromatic heterocycles. The number of hydrogen-bond donors (Lipinski definition) is 2. The van der Waals surface area contributed by atoms with E-state index in [1.165, 1.54) is 0 Å². The van der Waals surface area contributed by atoms with Gasteiger partial charge in [-0.2, -0.15) is 0 Å². The number of rotatable bonds is 5. The molecule has 0 aliphatic heterocycles. The van der Waals surface area contributed by atoms with Gasteiger partial charge in [0.2, 0.25) is 0 Å². The maximum atomic E-state index is 10.6. The third kappa shape index (κ3) is 10.0. The molecule has 3 nitrogen and oxygen atoms in total. The van der Waals surface area contributed by atoms with E-state index in [0.717, 1.165) is 25.1 Å². The molecule has 1 unspecified atom stereocenters. The van der Waals surface area contributed by atoms with Gasteiger partial charge in [0.05, 0.1) is 6.26 Å². The molecule has 0 aromatic carbocycles. The summed E-state index contributed by atoms with van der Waals surface area (Å²) in [5.74, 6) is 0.763. The molecule has 0 rings (SSSR count).